The van der Waals surface area contributed by atoms with Gasteiger partial charge in [0.15, 0.2) is 0 Å². The molecule has 0 aliphatic heterocycles. The molecule has 1 fully saturated rings. The largest absolute Gasteiger partial charge is 0.398 e. The molecule has 2 rings (SSSR count). The lowest BCUT2D eigenvalue weighted by molar-refractivity contribution is 0.155. The Kier molecular flexibility index (Phi) is 4.14. The highest BCUT2D eigenvalue weighted by atomic mass is 79.9. The Morgan fingerprint density at radius 2 is 2.16 bits per heavy atom. The second-order valence-electron chi connectivity index (χ2n) is 4.56. The summed E-state index contributed by atoms with van der Waals surface area (Å²) in [6.07, 6.45) is 1.13. The van der Waals surface area contributed by atoms with Gasteiger partial charge in [0.25, 0.3) is 0 Å². The van der Waals surface area contributed by atoms with Crippen LogP contribution < -0.4 is 10.5 Å². The number of benzene rings is 1. The first kappa shape index (κ1) is 14.7. The molecule has 0 radical (unpaired) electrons. The van der Waals surface area contributed by atoms with Gasteiger partial charge in [-0.05, 0) is 46.8 Å². The molecule has 1 saturated carbocycles. The summed E-state index contributed by atoms with van der Waals surface area (Å²) in [6, 6.07) is 2.05. The average molecular weight is 353 g/mol. The number of sulfonamides is 1. The fraction of sp³-hybridized carbons (Fsp3) is 0.455. The molecule has 0 spiro atoms. The summed E-state index contributed by atoms with van der Waals surface area (Å²) in [7, 11) is -3.86. The van der Waals surface area contributed by atoms with Gasteiger partial charge in [-0.3, -0.25) is 0 Å². The molecule has 1 unspecified atom stereocenters. The molecule has 1 atom stereocenters. The van der Waals surface area contributed by atoms with Crippen LogP contribution in [-0.4, -0.2) is 26.2 Å². The highest BCUT2D eigenvalue weighted by Crippen LogP contribution is 2.32. The molecule has 19 heavy (non-hydrogen) atoms. The van der Waals surface area contributed by atoms with Gasteiger partial charge in [-0.25, -0.2) is 17.5 Å². The van der Waals surface area contributed by atoms with Crippen molar-refractivity contribution in [2.24, 2.45) is 5.92 Å². The van der Waals surface area contributed by atoms with E-state index in [1.54, 1.807) is 0 Å². The van der Waals surface area contributed by atoms with Crippen LogP contribution in [0.25, 0.3) is 0 Å². The second kappa shape index (κ2) is 5.35. The van der Waals surface area contributed by atoms with Crippen LogP contribution in [0, 0.1) is 11.7 Å². The molecule has 0 saturated heterocycles. The van der Waals surface area contributed by atoms with E-state index in [4.69, 9.17) is 5.73 Å². The van der Waals surface area contributed by atoms with Crippen molar-refractivity contribution >= 4 is 31.6 Å². The van der Waals surface area contributed by atoms with Crippen LogP contribution in [0.3, 0.4) is 0 Å². The van der Waals surface area contributed by atoms with Crippen molar-refractivity contribution in [3.8, 4) is 0 Å². The van der Waals surface area contributed by atoms with E-state index in [9.17, 15) is 17.9 Å². The van der Waals surface area contributed by atoms with Crippen LogP contribution in [0.2, 0.25) is 0 Å². The highest BCUT2D eigenvalue weighted by Gasteiger charge is 2.31. The first-order valence-corrected chi connectivity index (χ1v) is 8.01. The molecule has 4 N–H and O–H groups in total. The number of hydrogen-bond donors (Lipinski definition) is 3. The third-order valence-corrected chi connectivity index (χ3v) is 5.08. The summed E-state index contributed by atoms with van der Waals surface area (Å²) in [4.78, 5) is -0.205. The lowest BCUT2D eigenvalue weighted by Gasteiger charge is -2.13. The zero-order valence-corrected chi connectivity index (χ0v) is 12.3. The van der Waals surface area contributed by atoms with E-state index in [2.05, 4.69) is 20.7 Å². The molecule has 0 amide bonds. The van der Waals surface area contributed by atoms with Crippen molar-refractivity contribution in [3.05, 3.63) is 22.4 Å². The predicted molar refractivity (Wildman–Crippen MR) is 72.4 cm³/mol. The SMILES string of the molecule is Nc1cc(F)c(Br)cc1S(=O)(=O)NCC(O)C1CC1. The standard InChI is InChI=1S/C11H14BrFN2O3S/c12-7-3-11(9(14)4-8(7)13)19(17,18)15-5-10(16)6-1-2-6/h3-4,6,10,15-16H,1-2,5,14H2. The number of hydrogen-bond acceptors (Lipinski definition) is 4. The number of nitrogens with two attached hydrogens (primary N) is 1. The Balaban J connectivity index is 2.16. The van der Waals surface area contributed by atoms with E-state index in [1.165, 1.54) is 0 Å². The fourth-order valence-corrected chi connectivity index (χ4v) is 3.38. The average Bonchev–Trinajstić information content (AvgIpc) is 3.14. The second-order valence-corrected chi connectivity index (χ2v) is 7.15. The minimum atomic E-state index is -3.86. The van der Waals surface area contributed by atoms with Gasteiger partial charge in [-0.1, -0.05) is 0 Å². The first-order valence-electron chi connectivity index (χ1n) is 5.73. The van der Waals surface area contributed by atoms with E-state index in [0.29, 0.717) is 0 Å². The van der Waals surface area contributed by atoms with E-state index in [0.717, 1.165) is 25.0 Å². The van der Waals surface area contributed by atoms with Crippen molar-refractivity contribution in [1.82, 2.24) is 4.72 Å². The first-order chi connectivity index (χ1) is 8.81. The Morgan fingerprint density at radius 3 is 2.74 bits per heavy atom. The normalized spacial score (nSPS) is 17.4. The van der Waals surface area contributed by atoms with Crippen LogP contribution in [0.15, 0.2) is 21.5 Å². The van der Waals surface area contributed by atoms with Gasteiger partial charge in [0.05, 0.1) is 16.3 Å². The zero-order chi connectivity index (χ0) is 14.2. The summed E-state index contributed by atoms with van der Waals surface area (Å²) in [6.45, 7) is -0.0680. The molecule has 0 heterocycles. The molecule has 8 heteroatoms. The summed E-state index contributed by atoms with van der Waals surface area (Å²) >= 11 is 2.91. The smallest absolute Gasteiger partial charge is 0.242 e. The molecule has 0 bridgehead atoms. The van der Waals surface area contributed by atoms with Gasteiger partial charge >= 0.3 is 0 Å². The minimum absolute atomic E-state index is 0.0183. The summed E-state index contributed by atoms with van der Waals surface area (Å²) < 4.78 is 39.5. The number of halogens is 2. The summed E-state index contributed by atoms with van der Waals surface area (Å²) in [5.41, 5.74) is 5.34. The van der Waals surface area contributed by atoms with Gasteiger partial charge in [-0.15, -0.1) is 0 Å². The third kappa shape index (κ3) is 3.44. The van der Waals surface area contributed by atoms with Crippen molar-refractivity contribution < 1.29 is 17.9 Å². The zero-order valence-electron chi connectivity index (χ0n) is 9.94. The number of nitrogen functional groups attached to an aromatic ring is 1. The van der Waals surface area contributed by atoms with Crippen molar-refractivity contribution in [1.29, 1.82) is 0 Å². The number of aliphatic hydroxyl groups is 1. The van der Waals surface area contributed by atoms with Gasteiger partial charge in [0.1, 0.15) is 10.7 Å². The van der Waals surface area contributed by atoms with E-state index < -0.39 is 21.9 Å². The predicted octanol–water partition coefficient (Wildman–Crippen LogP) is 1.22. The lowest BCUT2D eigenvalue weighted by Crippen LogP contribution is -2.33. The Labute approximate surface area is 119 Å². The molecular formula is C11H14BrFN2O3S. The number of rotatable bonds is 5. The van der Waals surface area contributed by atoms with Crippen molar-refractivity contribution in [2.75, 3.05) is 12.3 Å². The quantitative estimate of drug-likeness (QED) is 0.694. The number of anilines is 1. The Bertz CT molecular complexity index is 590. The molecule has 1 aliphatic rings. The maximum atomic E-state index is 13.2. The molecule has 5 nitrogen and oxygen atoms in total. The summed E-state index contributed by atoms with van der Waals surface area (Å²) in [5, 5.41) is 9.64. The van der Waals surface area contributed by atoms with Gasteiger partial charge in [0.2, 0.25) is 10.0 Å². The molecule has 106 valence electrons. The van der Waals surface area contributed by atoms with E-state index in [1.807, 2.05) is 0 Å². The van der Waals surface area contributed by atoms with Gasteiger partial charge in [0, 0.05) is 6.54 Å². The minimum Gasteiger partial charge on any atom is -0.398 e. The van der Waals surface area contributed by atoms with E-state index in [-0.39, 0.29) is 27.5 Å². The molecule has 1 aromatic rings. The van der Waals surface area contributed by atoms with Crippen LogP contribution in [-0.2, 0) is 10.0 Å². The number of nitrogens with one attached hydrogen (secondary N) is 1. The molecule has 1 aliphatic carbocycles. The summed E-state index contributed by atoms with van der Waals surface area (Å²) in [5.74, 6) is -0.463. The topological polar surface area (TPSA) is 92.4 Å². The fourth-order valence-electron chi connectivity index (χ4n) is 1.70. The monoisotopic (exact) mass is 352 g/mol. The Hall–Kier alpha value is -0.700. The maximum absolute atomic E-state index is 13.2. The van der Waals surface area contributed by atoms with Crippen molar-refractivity contribution in [3.63, 3.8) is 0 Å². The van der Waals surface area contributed by atoms with Gasteiger partial charge in [-0.2, -0.15) is 0 Å². The van der Waals surface area contributed by atoms with Crippen molar-refractivity contribution in [2.45, 2.75) is 23.8 Å². The highest BCUT2D eigenvalue weighted by molar-refractivity contribution is 9.10. The van der Waals surface area contributed by atoms with Gasteiger partial charge < -0.3 is 10.8 Å². The maximum Gasteiger partial charge on any atom is 0.242 e. The molecule has 0 aromatic heterocycles. The Morgan fingerprint density at radius 1 is 1.53 bits per heavy atom. The van der Waals surface area contributed by atoms with Crippen LogP contribution in [0.1, 0.15) is 12.8 Å². The van der Waals surface area contributed by atoms with Crippen LogP contribution >= 0.6 is 15.9 Å². The van der Waals surface area contributed by atoms with E-state index >= 15 is 0 Å². The van der Waals surface area contributed by atoms with Crippen LogP contribution in [0.5, 0.6) is 0 Å². The van der Waals surface area contributed by atoms with Crippen LogP contribution in [0.4, 0.5) is 10.1 Å². The molecular weight excluding hydrogens is 339 g/mol. The third-order valence-electron chi connectivity index (χ3n) is 2.99. The molecule has 1 aromatic carbocycles. The lowest BCUT2D eigenvalue weighted by atomic mass is 10.2. The number of aliphatic hydroxyl groups excluding tert-OH is 1.